The zero-order valence-electron chi connectivity index (χ0n) is 15.7. The van der Waals surface area contributed by atoms with Crippen molar-refractivity contribution in [2.24, 2.45) is 0 Å². The van der Waals surface area contributed by atoms with Gasteiger partial charge >= 0.3 is 0 Å². The highest BCUT2D eigenvalue weighted by Crippen LogP contribution is 2.30. The second kappa shape index (κ2) is 8.37. The molecule has 5 nitrogen and oxygen atoms in total. The van der Waals surface area contributed by atoms with Crippen LogP contribution in [0.15, 0.2) is 60.8 Å². The third-order valence-electron chi connectivity index (χ3n) is 4.81. The van der Waals surface area contributed by atoms with Crippen LogP contribution in [0.25, 0.3) is 16.8 Å². The summed E-state index contributed by atoms with van der Waals surface area (Å²) < 4.78 is 13.4. The molecule has 0 atom stereocenters. The SMILES string of the molecule is Cc1ccc(-n2cc(-c3ccccc3)c(OCCN3CCOCC3)n2)cc1. The fourth-order valence-corrected chi connectivity index (χ4v) is 3.21. The van der Waals surface area contributed by atoms with Gasteiger partial charge in [0.1, 0.15) is 6.61 Å². The molecule has 0 N–H and O–H groups in total. The molecule has 3 aromatic rings. The Bertz CT molecular complexity index is 853. The van der Waals surface area contributed by atoms with Crippen LogP contribution in [0, 0.1) is 6.92 Å². The quantitative estimate of drug-likeness (QED) is 0.671. The number of hydrogen-bond donors (Lipinski definition) is 0. The molecule has 2 heterocycles. The lowest BCUT2D eigenvalue weighted by molar-refractivity contribution is 0.0320. The van der Waals surface area contributed by atoms with Crippen LogP contribution in [-0.4, -0.2) is 54.1 Å². The predicted octanol–water partition coefficient (Wildman–Crippen LogP) is 3.56. The molecule has 0 bridgehead atoms. The lowest BCUT2D eigenvalue weighted by atomic mass is 10.1. The Morgan fingerprint density at radius 3 is 2.48 bits per heavy atom. The first-order valence-corrected chi connectivity index (χ1v) is 9.44. The Labute approximate surface area is 160 Å². The minimum absolute atomic E-state index is 0.616. The topological polar surface area (TPSA) is 39.5 Å². The van der Waals surface area contributed by atoms with Crippen molar-refractivity contribution in [3.63, 3.8) is 0 Å². The van der Waals surface area contributed by atoms with E-state index in [0.29, 0.717) is 12.5 Å². The van der Waals surface area contributed by atoms with E-state index in [4.69, 9.17) is 14.6 Å². The molecule has 1 aromatic heterocycles. The number of benzene rings is 2. The highest BCUT2D eigenvalue weighted by Gasteiger charge is 2.15. The molecule has 1 aliphatic rings. The molecule has 0 aliphatic carbocycles. The molecule has 1 saturated heterocycles. The van der Waals surface area contributed by atoms with Gasteiger partial charge in [-0.15, -0.1) is 5.10 Å². The second-order valence-corrected chi connectivity index (χ2v) is 6.80. The Kier molecular flexibility index (Phi) is 5.51. The zero-order chi connectivity index (χ0) is 18.5. The van der Waals surface area contributed by atoms with Crippen molar-refractivity contribution in [1.82, 2.24) is 14.7 Å². The molecule has 4 rings (SSSR count). The highest BCUT2D eigenvalue weighted by molar-refractivity contribution is 5.68. The molecular formula is C22H25N3O2. The Hall–Kier alpha value is -2.63. The van der Waals surface area contributed by atoms with E-state index >= 15 is 0 Å². The molecule has 140 valence electrons. The number of rotatable bonds is 6. The minimum atomic E-state index is 0.616. The molecule has 0 amide bonds. The van der Waals surface area contributed by atoms with Gasteiger partial charge in [0.15, 0.2) is 0 Å². The summed E-state index contributed by atoms with van der Waals surface area (Å²) in [5.41, 5.74) is 4.38. The summed E-state index contributed by atoms with van der Waals surface area (Å²) in [6, 6.07) is 18.6. The number of ether oxygens (including phenoxy) is 2. The Morgan fingerprint density at radius 2 is 1.74 bits per heavy atom. The van der Waals surface area contributed by atoms with Crippen LogP contribution in [0.2, 0.25) is 0 Å². The minimum Gasteiger partial charge on any atom is -0.475 e. The van der Waals surface area contributed by atoms with Crippen LogP contribution in [0.5, 0.6) is 5.88 Å². The van der Waals surface area contributed by atoms with Crippen LogP contribution in [-0.2, 0) is 4.74 Å². The van der Waals surface area contributed by atoms with Gasteiger partial charge in [0.2, 0.25) is 5.88 Å². The summed E-state index contributed by atoms with van der Waals surface area (Å²) in [7, 11) is 0. The van der Waals surface area contributed by atoms with Crippen molar-refractivity contribution in [3.8, 4) is 22.7 Å². The van der Waals surface area contributed by atoms with Gasteiger partial charge in [-0.2, -0.15) is 0 Å². The first-order chi connectivity index (χ1) is 13.3. The number of aryl methyl sites for hydroxylation is 1. The molecule has 27 heavy (non-hydrogen) atoms. The molecule has 1 aliphatic heterocycles. The summed E-state index contributed by atoms with van der Waals surface area (Å²) in [6.45, 7) is 7.12. The summed E-state index contributed by atoms with van der Waals surface area (Å²) in [6.07, 6.45) is 2.05. The van der Waals surface area contributed by atoms with E-state index in [1.54, 1.807) is 0 Å². The summed E-state index contributed by atoms with van der Waals surface area (Å²) in [4.78, 5) is 2.36. The Balaban J connectivity index is 1.55. The van der Waals surface area contributed by atoms with Crippen molar-refractivity contribution in [2.45, 2.75) is 6.92 Å². The maximum Gasteiger partial charge on any atom is 0.241 e. The molecule has 0 radical (unpaired) electrons. The molecule has 0 unspecified atom stereocenters. The number of hydrogen-bond acceptors (Lipinski definition) is 4. The van der Waals surface area contributed by atoms with Crippen LogP contribution in [0.3, 0.4) is 0 Å². The lowest BCUT2D eigenvalue weighted by Crippen LogP contribution is -2.38. The van der Waals surface area contributed by atoms with Crippen molar-refractivity contribution < 1.29 is 9.47 Å². The van der Waals surface area contributed by atoms with Gasteiger partial charge in [0, 0.05) is 25.8 Å². The van der Waals surface area contributed by atoms with E-state index in [1.165, 1.54) is 5.56 Å². The normalized spacial score (nSPS) is 15.0. The first-order valence-electron chi connectivity index (χ1n) is 9.44. The summed E-state index contributed by atoms with van der Waals surface area (Å²) in [5.74, 6) is 0.676. The maximum absolute atomic E-state index is 6.11. The smallest absolute Gasteiger partial charge is 0.241 e. The predicted molar refractivity (Wildman–Crippen MR) is 106 cm³/mol. The monoisotopic (exact) mass is 363 g/mol. The van der Waals surface area contributed by atoms with Gasteiger partial charge in [-0.3, -0.25) is 4.90 Å². The zero-order valence-corrected chi connectivity index (χ0v) is 15.7. The van der Waals surface area contributed by atoms with E-state index in [2.05, 4.69) is 48.2 Å². The van der Waals surface area contributed by atoms with E-state index in [-0.39, 0.29) is 0 Å². The third kappa shape index (κ3) is 4.38. The van der Waals surface area contributed by atoms with Crippen LogP contribution < -0.4 is 4.74 Å². The van der Waals surface area contributed by atoms with E-state index in [0.717, 1.165) is 49.7 Å². The summed E-state index contributed by atoms with van der Waals surface area (Å²) >= 11 is 0. The molecule has 0 saturated carbocycles. The maximum atomic E-state index is 6.11. The molecule has 1 fully saturated rings. The number of morpholine rings is 1. The lowest BCUT2D eigenvalue weighted by Gasteiger charge is -2.26. The summed E-state index contributed by atoms with van der Waals surface area (Å²) in [5, 5.41) is 4.72. The average molecular weight is 363 g/mol. The van der Waals surface area contributed by atoms with Gasteiger partial charge < -0.3 is 9.47 Å². The van der Waals surface area contributed by atoms with Crippen LogP contribution >= 0.6 is 0 Å². The van der Waals surface area contributed by atoms with Crippen molar-refractivity contribution in [2.75, 3.05) is 39.5 Å². The average Bonchev–Trinajstić information content (AvgIpc) is 3.14. The molecular weight excluding hydrogens is 338 g/mol. The second-order valence-electron chi connectivity index (χ2n) is 6.80. The van der Waals surface area contributed by atoms with Gasteiger partial charge in [-0.1, -0.05) is 48.0 Å². The van der Waals surface area contributed by atoms with Gasteiger partial charge in [-0.25, -0.2) is 4.68 Å². The highest BCUT2D eigenvalue weighted by atomic mass is 16.5. The van der Waals surface area contributed by atoms with E-state index in [1.807, 2.05) is 29.1 Å². The molecule has 2 aromatic carbocycles. The fourth-order valence-electron chi connectivity index (χ4n) is 3.21. The van der Waals surface area contributed by atoms with Crippen molar-refractivity contribution in [3.05, 3.63) is 66.4 Å². The Morgan fingerprint density at radius 1 is 1.00 bits per heavy atom. The largest absolute Gasteiger partial charge is 0.475 e. The number of nitrogens with zero attached hydrogens (tertiary/aromatic N) is 3. The van der Waals surface area contributed by atoms with Crippen molar-refractivity contribution >= 4 is 0 Å². The van der Waals surface area contributed by atoms with Gasteiger partial charge in [0.05, 0.1) is 24.5 Å². The van der Waals surface area contributed by atoms with Gasteiger partial charge in [-0.05, 0) is 24.6 Å². The third-order valence-corrected chi connectivity index (χ3v) is 4.81. The van der Waals surface area contributed by atoms with E-state index < -0.39 is 0 Å². The first kappa shape index (κ1) is 17.8. The van der Waals surface area contributed by atoms with Crippen molar-refractivity contribution in [1.29, 1.82) is 0 Å². The van der Waals surface area contributed by atoms with Gasteiger partial charge in [0.25, 0.3) is 0 Å². The fraction of sp³-hybridized carbons (Fsp3) is 0.318. The standard InChI is InChI=1S/C22H25N3O2/c1-18-7-9-20(10-8-18)25-17-21(19-5-3-2-4-6-19)22(23-25)27-16-13-24-11-14-26-15-12-24/h2-10,17H,11-16H2,1H3. The van der Waals surface area contributed by atoms with Crippen LogP contribution in [0.4, 0.5) is 0 Å². The molecule has 0 spiro atoms. The molecule has 5 heteroatoms. The van der Waals surface area contributed by atoms with Crippen LogP contribution in [0.1, 0.15) is 5.56 Å². The van der Waals surface area contributed by atoms with E-state index in [9.17, 15) is 0 Å². The number of aromatic nitrogens is 2.